The third-order valence-electron chi connectivity index (χ3n) is 3.01. The molecule has 2 N–H and O–H groups in total. The Hall–Kier alpha value is -2.08. The van der Waals surface area contributed by atoms with E-state index in [0.717, 1.165) is 0 Å². The molecule has 0 bridgehead atoms. The number of carbonyl (C=O) groups excluding carboxylic acids is 1. The summed E-state index contributed by atoms with van der Waals surface area (Å²) in [5.74, 6) is 0.552. The van der Waals surface area contributed by atoms with Crippen LogP contribution in [0.25, 0.3) is 11.5 Å². The molecule has 102 valence electrons. The molecule has 0 radical (unpaired) electrons. The first-order valence-electron chi connectivity index (χ1n) is 6.04. The summed E-state index contributed by atoms with van der Waals surface area (Å²) in [6.07, 6.45) is 1.52. The number of amides is 1. The monoisotopic (exact) mass is 264 g/mol. The van der Waals surface area contributed by atoms with Crippen LogP contribution in [0.2, 0.25) is 0 Å². The summed E-state index contributed by atoms with van der Waals surface area (Å²) >= 11 is 0. The SMILES string of the molecule is CC(CO)C(C)NC(=O)c1cc(-c2ccco2)on1. The van der Waals surface area contributed by atoms with Crippen LogP contribution in [-0.2, 0) is 0 Å². The van der Waals surface area contributed by atoms with Gasteiger partial charge >= 0.3 is 0 Å². The molecule has 0 saturated heterocycles. The third kappa shape index (κ3) is 3.03. The number of nitrogens with one attached hydrogen (secondary N) is 1. The molecule has 2 unspecified atom stereocenters. The number of aromatic nitrogens is 1. The van der Waals surface area contributed by atoms with Crippen LogP contribution in [0.15, 0.2) is 33.4 Å². The Labute approximate surface area is 110 Å². The van der Waals surface area contributed by atoms with E-state index in [1.807, 2.05) is 13.8 Å². The topological polar surface area (TPSA) is 88.5 Å². The third-order valence-corrected chi connectivity index (χ3v) is 3.01. The highest BCUT2D eigenvalue weighted by atomic mass is 16.5. The second-order valence-corrected chi connectivity index (χ2v) is 4.48. The highest BCUT2D eigenvalue weighted by molar-refractivity contribution is 5.93. The van der Waals surface area contributed by atoms with Crippen LogP contribution in [0.3, 0.4) is 0 Å². The molecule has 1 amide bonds. The van der Waals surface area contributed by atoms with E-state index in [1.54, 1.807) is 12.1 Å². The van der Waals surface area contributed by atoms with Crippen molar-refractivity contribution in [3.05, 3.63) is 30.2 Å². The van der Waals surface area contributed by atoms with Gasteiger partial charge in [0, 0.05) is 18.7 Å². The second kappa shape index (κ2) is 5.71. The molecule has 2 heterocycles. The molecule has 0 saturated carbocycles. The van der Waals surface area contributed by atoms with Crippen molar-refractivity contribution in [1.82, 2.24) is 10.5 Å². The Morgan fingerprint density at radius 2 is 2.26 bits per heavy atom. The van der Waals surface area contributed by atoms with Crippen molar-refractivity contribution in [3.8, 4) is 11.5 Å². The molecule has 6 nitrogen and oxygen atoms in total. The highest BCUT2D eigenvalue weighted by Gasteiger charge is 2.19. The van der Waals surface area contributed by atoms with Crippen molar-refractivity contribution in [1.29, 1.82) is 0 Å². The maximum absolute atomic E-state index is 11.9. The number of carbonyl (C=O) groups is 1. The number of nitrogens with zero attached hydrogens (tertiary/aromatic N) is 1. The fraction of sp³-hybridized carbons (Fsp3) is 0.385. The van der Waals surface area contributed by atoms with Crippen molar-refractivity contribution in [2.75, 3.05) is 6.61 Å². The Morgan fingerprint density at radius 3 is 2.89 bits per heavy atom. The highest BCUT2D eigenvalue weighted by Crippen LogP contribution is 2.20. The average Bonchev–Trinajstić information content (AvgIpc) is 3.07. The summed E-state index contributed by atoms with van der Waals surface area (Å²) in [5.41, 5.74) is 0.184. The van der Waals surface area contributed by atoms with Gasteiger partial charge in [0.25, 0.3) is 5.91 Å². The lowest BCUT2D eigenvalue weighted by Gasteiger charge is -2.18. The average molecular weight is 264 g/mol. The zero-order valence-corrected chi connectivity index (χ0v) is 10.8. The lowest BCUT2D eigenvalue weighted by molar-refractivity contribution is 0.0907. The van der Waals surface area contributed by atoms with Crippen LogP contribution in [-0.4, -0.2) is 28.8 Å². The summed E-state index contributed by atoms with van der Waals surface area (Å²) in [5, 5.41) is 15.5. The molecule has 0 spiro atoms. The Balaban J connectivity index is 2.04. The van der Waals surface area contributed by atoms with E-state index < -0.39 is 0 Å². The van der Waals surface area contributed by atoms with Gasteiger partial charge in [-0.05, 0) is 25.0 Å². The molecule has 2 atom stereocenters. The van der Waals surface area contributed by atoms with E-state index in [1.165, 1.54) is 12.3 Å². The minimum Gasteiger partial charge on any atom is -0.461 e. The first-order valence-corrected chi connectivity index (χ1v) is 6.04. The molecule has 2 aromatic rings. The first-order chi connectivity index (χ1) is 9.11. The first kappa shape index (κ1) is 13.4. The van der Waals surface area contributed by atoms with Crippen LogP contribution in [0.4, 0.5) is 0 Å². The van der Waals surface area contributed by atoms with E-state index in [9.17, 15) is 4.79 Å². The zero-order chi connectivity index (χ0) is 13.8. The minimum atomic E-state index is -0.339. The van der Waals surface area contributed by atoms with Crippen LogP contribution in [0.5, 0.6) is 0 Å². The molecule has 0 aromatic carbocycles. The molecule has 0 aliphatic heterocycles. The van der Waals surface area contributed by atoms with Gasteiger partial charge in [0.2, 0.25) is 5.76 Å². The van der Waals surface area contributed by atoms with Crippen molar-refractivity contribution < 1.29 is 18.8 Å². The predicted molar refractivity (Wildman–Crippen MR) is 67.4 cm³/mol. The van der Waals surface area contributed by atoms with E-state index in [2.05, 4.69) is 10.5 Å². The maximum Gasteiger partial charge on any atom is 0.273 e. The zero-order valence-electron chi connectivity index (χ0n) is 10.8. The smallest absolute Gasteiger partial charge is 0.273 e. The fourth-order valence-electron chi connectivity index (χ4n) is 1.50. The molecular weight excluding hydrogens is 248 g/mol. The van der Waals surface area contributed by atoms with Gasteiger partial charge in [-0.15, -0.1) is 0 Å². The number of furan rings is 1. The van der Waals surface area contributed by atoms with Crippen molar-refractivity contribution >= 4 is 5.91 Å². The van der Waals surface area contributed by atoms with Gasteiger partial charge in [0.05, 0.1) is 6.26 Å². The normalized spacial score (nSPS) is 14.1. The van der Waals surface area contributed by atoms with E-state index in [-0.39, 0.29) is 30.2 Å². The van der Waals surface area contributed by atoms with E-state index in [4.69, 9.17) is 14.0 Å². The molecule has 19 heavy (non-hydrogen) atoms. The van der Waals surface area contributed by atoms with Crippen molar-refractivity contribution in [2.24, 2.45) is 5.92 Å². The lowest BCUT2D eigenvalue weighted by atomic mass is 10.1. The minimum absolute atomic E-state index is 0.0118. The molecule has 2 aromatic heterocycles. The van der Waals surface area contributed by atoms with Gasteiger partial charge in [-0.2, -0.15) is 0 Å². The van der Waals surface area contributed by atoms with Gasteiger partial charge in [-0.1, -0.05) is 12.1 Å². The lowest BCUT2D eigenvalue weighted by Crippen LogP contribution is -2.38. The Morgan fingerprint density at radius 1 is 1.47 bits per heavy atom. The van der Waals surface area contributed by atoms with Crippen LogP contribution >= 0.6 is 0 Å². The molecular formula is C13H16N2O4. The molecule has 0 aliphatic rings. The Kier molecular flexibility index (Phi) is 4.01. The number of hydrogen-bond donors (Lipinski definition) is 2. The standard InChI is InChI=1S/C13H16N2O4/c1-8(7-16)9(2)14-13(17)10-6-12(19-15-10)11-4-3-5-18-11/h3-6,8-9,16H,7H2,1-2H3,(H,14,17). The van der Waals surface area contributed by atoms with Crippen LogP contribution in [0, 0.1) is 5.92 Å². The number of aliphatic hydroxyl groups is 1. The van der Waals surface area contributed by atoms with Gasteiger partial charge in [0.1, 0.15) is 0 Å². The summed E-state index contributed by atoms with van der Waals surface area (Å²) in [7, 11) is 0. The van der Waals surface area contributed by atoms with E-state index >= 15 is 0 Å². The fourth-order valence-corrected chi connectivity index (χ4v) is 1.50. The van der Waals surface area contributed by atoms with Crippen LogP contribution < -0.4 is 5.32 Å². The summed E-state index contributed by atoms with van der Waals surface area (Å²) in [6, 6.07) is 4.81. The van der Waals surface area contributed by atoms with Crippen molar-refractivity contribution in [2.45, 2.75) is 19.9 Å². The van der Waals surface area contributed by atoms with Crippen molar-refractivity contribution in [3.63, 3.8) is 0 Å². The van der Waals surface area contributed by atoms with Gasteiger partial charge in [-0.3, -0.25) is 4.79 Å². The summed E-state index contributed by atoms with van der Waals surface area (Å²) in [4.78, 5) is 11.9. The summed E-state index contributed by atoms with van der Waals surface area (Å²) in [6.45, 7) is 3.69. The van der Waals surface area contributed by atoms with Gasteiger partial charge in [-0.25, -0.2) is 0 Å². The number of aliphatic hydroxyl groups excluding tert-OH is 1. The van der Waals surface area contributed by atoms with E-state index in [0.29, 0.717) is 11.5 Å². The largest absolute Gasteiger partial charge is 0.461 e. The van der Waals surface area contributed by atoms with Crippen LogP contribution in [0.1, 0.15) is 24.3 Å². The predicted octanol–water partition coefficient (Wildman–Crippen LogP) is 1.68. The van der Waals surface area contributed by atoms with Gasteiger partial charge in [0.15, 0.2) is 11.5 Å². The van der Waals surface area contributed by atoms with Gasteiger partial charge < -0.3 is 19.4 Å². The number of rotatable bonds is 5. The molecule has 0 fully saturated rings. The Bertz CT molecular complexity index is 533. The molecule has 2 rings (SSSR count). The summed E-state index contributed by atoms with van der Waals surface area (Å²) < 4.78 is 10.2. The number of hydrogen-bond acceptors (Lipinski definition) is 5. The quantitative estimate of drug-likeness (QED) is 0.857. The molecule has 0 aliphatic carbocycles. The second-order valence-electron chi connectivity index (χ2n) is 4.48. The molecule has 6 heteroatoms. The maximum atomic E-state index is 11.9.